The van der Waals surface area contributed by atoms with Crippen LogP contribution in [0.1, 0.15) is 18.1 Å². The molecule has 0 spiro atoms. The SMILES string of the molecule is COc1ccc(F)cc1OCCNC(C)Cc1ccc(OC)c(S(=O)(=O)NCc2ccccc2)c1. The number of methoxy groups -OCH3 is 2. The zero-order valence-corrected chi connectivity index (χ0v) is 20.9. The van der Waals surface area contributed by atoms with Gasteiger partial charge in [0.1, 0.15) is 23.1 Å². The second-order valence-corrected chi connectivity index (χ2v) is 9.73. The van der Waals surface area contributed by atoms with Crippen molar-refractivity contribution in [3.63, 3.8) is 0 Å². The number of benzene rings is 3. The Kier molecular flexibility index (Phi) is 9.47. The number of rotatable bonds is 13. The minimum Gasteiger partial charge on any atom is -0.495 e. The molecule has 0 amide bonds. The molecule has 35 heavy (non-hydrogen) atoms. The Balaban J connectivity index is 1.58. The molecule has 0 aliphatic carbocycles. The first-order valence-corrected chi connectivity index (χ1v) is 12.7. The summed E-state index contributed by atoms with van der Waals surface area (Å²) >= 11 is 0. The van der Waals surface area contributed by atoms with Crippen molar-refractivity contribution >= 4 is 10.0 Å². The van der Waals surface area contributed by atoms with E-state index in [4.69, 9.17) is 14.2 Å². The molecular formula is C26H31FN2O5S. The first-order valence-electron chi connectivity index (χ1n) is 11.2. The summed E-state index contributed by atoms with van der Waals surface area (Å²) in [5.74, 6) is 0.695. The minimum absolute atomic E-state index is 0.0363. The molecule has 0 aliphatic rings. The van der Waals surface area contributed by atoms with Crippen LogP contribution in [-0.4, -0.2) is 41.8 Å². The predicted molar refractivity (Wildman–Crippen MR) is 133 cm³/mol. The molecule has 0 bridgehead atoms. The topological polar surface area (TPSA) is 85.9 Å². The maximum atomic E-state index is 13.5. The highest BCUT2D eigenvalue weighted by molar-refractivity contribution is 7.89. The number of halogens is 1. The van der Waals surface area contributed by atoms with E-state index in [0.29, 0.717) is 31.1 Å². The van der Waals surface area contributed by atoms with Gasteiger partial charge in [0.05, 0.1) is 14.2 Å². The lowest BCUT2D eigenvalue weighted by molar-refractivity contribution is 0.285. The van der Waals surface area contributed by atoms with Crippen LogP contribution < -0.4 is 24.2 Å². The standard InChI is InChI=1S/C26H31FN2O5S/c1-19(28-13-14-34-25-17-22(27)10-12-23(25)32-2)15-21-9-11-24(33-3)26(16-21)35(30,31)29-18-20-7-5-4-6-8-20/h4-12,16-17,19,28-29H,13-15,18H2,1-3H3. The van der Waals surface area contributed by atoms with Crippen molar-refractivity contribution in [2.75, 3.05) is 27.4 Å². The summed E-state index contributed by atoms with van der Waals surface area (Å²) in [7, 11) is -0.831. The van der Waals surface area contributed by atoms with Crippen LogP contribution in [-0.2, 0) is 23.0 Å². The van der Waals surface area contributed by atoms with Crippen molar-refractivity contribution in [3.8, 4) is 17.2 Å². The molecular weight excluding hydrogens is 471 g/mol. The second-order valence-electron chi connectivity index (χ2n) is 8.00. The molecule has 0 aliphatic heterocycles. The Morgan fingerprint density at radius 2 is 1.60 bits per heavy atom. The van der Waals surface area contributed by atoms with E-state index in [-0.39, 0.29) is 23.2 Å². The van der Waals surface area contributed by atoms with Gasteiger partial charge in [-0.05, 0) is 48.7 Å². The molecule has 0 aromatic heterocycles. The molecule has 3 aromatic rings. The normalized spacial score (nSPS) is 12.2. The molecule has 7 nitrogen and oxygen atoms in total. The average molecular weight is 503 g/mol. The van der Waals surface area contributed by atoms with Gasteiger partial charge >= 0.3 is 0 Å². The van der Waals surface area contributed by atoms with E-state index in [2.05, 4.69) is 10.0 Å². The van der Waals surface area contributed by atoms with Crippen molar-refractivity contribution in [1.29, 1.82) is 0 Å². The molecule has 9 heteroatoms. The van der Waals surface area contributed by atoms with Crippen LogP contribution in [0.3, 0.4) is 0 Å². The fourth-order valence-electron chi connectivity index (χ4n) is 3.57. The van der Waals surface area contributed by atoms with Crippen LogP contribution in [0.4, 0.5) is 4.39 Å². The molecule has 1 unspecified atom stereocenters. The van der Waals surface area contributed by atoms with Crippen molar-refractivity contribution in [2.24, 2.45) is 0 Å². The highest BCUT2D eigenvalue weighted by Crippen LogP contribution is 2.27. The van der Waals surface area contributed by atoms with Gasteiger partial charge in [0, 0.05) is 25.2 Å². The van der Waals surface area contributed by atoms with E-state index in [1.165, 1.54) is 32.4 Å². The Hall–Kier alpha value is -3.14. The molecule has 0 radical (unpaired) electrons. The van der Waals surface area contributed by atoms with Crippen LogP contribution in [0.25, 0.3) is 0 Å². The van der Waals surface area contributed by atoms with E-state index in [1.807, 2.05) is 43.3 Å². The number of nitrogens with one attached hydrogen (secondary N) is 2. The lowest BCUT2D eigenvalue weighted by atomic mass is 10.1. The van der Waals surface area contributed by atoms with Crippen molar-refractivity contribution in [1.82, 2.24) is 10.0 Å². The monoisotopic (exact) mass is 502 g/mol. The van der Waals surface area contributed by atoms with Crippen molar-refractivity contribution in [2.45, 2.75) is 30.8 Å². The molecule has 0 saturated heterocycles. The van der Waals surface area contributed by atoms with Crippen LogP contribution in [0.15, 0.2) is 71.6 Å². The second kappa shape index (κ2) is 12.5. The third-order valence-corrected chi connectivity index (χ3v) is 6.77. The Labute approximate surface area is 206 Å². The number of sulfonamides is 1. The van der Waals surface area contributed by atoms with E-state index >= 15 is 0 Å². The average Bonchev–Trinajstić information content (AvgIpc) is 2.86. The summed E-state index contributed by atoms with van der Waals surface area (Å²) in [6, 6.07) is 18.6. The third-order valence-electron chi connectivity index (χ3n) is 5.35. The van der Waals surface area contributed by atoms with Crippen LogP contribution in [0.2, 0.25) is 0 Å². The maximum absolute atomic E-state index is 13.5. The summed E-state index contributed by atoms with van der Waals surface area (Å²) in [4.78, 5) is 0.0992. The molecule has 0 saturated carbocycles. The molecule has 1 atom stereocenters. The van der Waals surface area contributed by atoms with Gasteiger partial charge in [0.2, 0.25) is 10.0 Å². The Morgan fingerprint density at radius 3 is 2.31 bits per heavy atom. The predicted octanol–water partition coefficient (Wildman–Crippen LogP) is 3.92. The smallest absolute Gasteiger partial charge is 0.244 e. The van der Waals surface area contributed by atoms with Gasteiger partial charge in [0.25, 0.3) is 0 Å². The van der Waals surface area contributed by atoms with Crippen molar-refractivity contribution < 1.29 is 27.0 Å². The fraction of sp³-hybridized carbons (Fsp3) is 0.308. The zero-order valence-electron chi connectivity index (χ0n) is 20.1. The summed E-state index contributed by atoms with van der Waals surface area (Å²) in [5.41, 5.74) is 1.71. The van der Waals surface area contributed by atoms with Crippen LogP contribution >= 0.6 is 0 Å². The van der Waals surface area contributed by atoms with E-state index in [1.54, 1.807) is 12.1 Å². The Morgan fingerprint density at radius 1 is 0.886 bits per heavy atom. The molecule has 3 rings (SSSR count). The Bertz CT molecular complexity index is 1210. The zero-order chi connectivity index (χ0) is 25.3. The van der Waals surface area contributed by atoms with Gasteiger partial charge in [-0.25, -0.2) is 17.5 Å². The van der Waals surface area contributed by atoms with Gasteiger partial charge < -0.3 is 19.5 Å². The number of hydrogen-bond donors (Lipinski definition) is 2. The first kappa shape index (κ1) is 26.5. The number of ether oxygens (including phenoxy) is 3. The summed E-state index contributed by atoms with van der Waals surface area (Å²) in [6.07, 6.45) is 0.592. The van der Waals surface area contributed by atoms with Crippen LogP contribution in [0.5, 0.6) is 17.2 Å². The third kappa shape index (κ3) is 7.68. The van der Waals surface area contributed by atoms with E-state index in [0.717, 1.165) is 11.1 Å². The van der Waals surface area contributed by atoms with E-state index < -0.39 is 15.8 Å². The van der Waals surface area contributed by atoms with E-state index in [9.17, 15) is 12.8 Å². The highest BCUT2D eigenvalue weighted by Gasteiger charge is 2.20. The first-order chi connectivity index (χ1) is 16.8. The lowest BCUT2D eigenvalue weighted by Crippen LogP contribution is -2.32. The molecule has 3 aromatic carbocycles. The minimum atomic E-state index is -3.78. The summed E-state index contributed by atoms with van der Waals surface area (Å²) in [6.45, 7) is 3.01. The van der Waals surface area contributed by atoms with Gasteiger partial charge in [-0.3, -0.25) is 0 Å². The molecule has 188 valence electrons. The highest BCUT2D eigenvalue weighted by atomic mass is 32.2. The summed E-state index contributed by atoms with van der Waals surface area (Å²) < 4.78 is 58.2. The van der Waals surface area contributed by atoms with Gasteiger partial charge in [0.15, 0.2) is 11.5 Å². The summed E-state index contributed by atoms with van der Waals surface area (Å²) in [5, 5.41) is 3.33. The fourth-order valence-corrected chi connectivity index (χ4v) is 4.80. The molecule has 2 N–H and O–H groups in total. The molecule has 0 fully saturated rings. The van der Waals surface area contributed by atoms with Crippen LogP contribution in [0, 0.1) is 5.82 Å². The maximum Gasteiger partial charge on any atom is 0.244 e. The number of hydrogen-bond acceptors (Lipinski definition) is 6. The largest absolute Gasteiger partial charge is 0.495 e. The van der Waals surface area contributed by atoms with Gasteiger partial charge in [-0.2, -0.15) is 0 Å². The van der Waals surface area contributed by atoms with Gasteiger partial charge in [-0.15, -0.1) is 0 Å². The quantitative estimate of drug-likeness (QED) is 0.345. The lowest BCUT2D eigenvalue weighted by Gasteiger charge is -2.17. The van der Waals surface area contributed by atoms with Gasteiger partial charge in [-0.1, -0.05) is 36.4 Å². The van der Waals surface area contributed by atoms with Crippen molar-refractivity contribution in [3.05, 3.63) is 83.7 Å². The molecule has 0 heterocycles.